The molecule has 0 fully saturated rings. The number of halogens is 2. The highest BCUT2D eigenvalue weighted by molar-refractivity contribution is 6.34. The van der Waals surface area contributed by atoms with Gasteiger partial charge in [-0.2, -0.15) is 0 Å². The molecule has 1 aliphatic heterocycles. The number of carbonyl (C=O) groups is 1. The van der Waals surface area contributed by atoms with Crippen molar-refractivity contribution in [2.75, 3.05) is 11.1 Å². The van der Waals surface area contributed by atoms with Gasteiger partial charge < -0.3 is 16.4 Å². The normalized spacial score (nSPS) is 19.2. The zero-order chi connectivity index (χ0) is 20.3. The average Bonchev–Trinajstić information content (AvgIpc) is 3.18. The second-order valence-corrected chi connectivity index (χ2v) is 7.37. The van der Waals surface area contributed by atoms with E-state index in [-0.39, 0.29) is 22.2 Å². The molecule has 0 saturated carbocycles. The van der Waals surface area contributed by atoms with Gasteiger partial charge in [-0.3, -0.25) is 14.2 Å². The highest BCUT2D eigenvalue weighted by Gasteiger charge is 2.50. The molecule has 0 saturated heterocycles. The maximum Gasteiger partial charge on any atom is 0.277 e. The number of nitrogens with zero attached hydrogens (tertiary/aromatic N) is 3. The van der Waals surface area contributed by atoms with Crippen LogP contribution in [0.3, 0.4) is 0 Å². The molecule has 1 aliphatic carbocycles. The zero-order valence-electron chi connectivity index (χ0n) is 14.9. The number of pyridine rings is 1. The van der Waals surface area contributed by atoms with E-state index in [1.54, 1.807) is 6.07 Å². The van der Waals surface area contributed by atoms with E-state index in [2.05, 4.69) is 20.6 Å². The Bertz CT molecular complexity index is 1260. The molecule has 10 heteroatoms. The fourth-order valence-corrected chi connectivity index (χ4v) is 4.37. The van der Waals surface area contributed by atoms with Gasteiger partial charge in [-0.05, 0) is 36.6 Å². The van der Waals surface area contributed by atoms with Crippen LogP contribution in [0.15, 0.2) is 41.5 Å². The van der Waals surface area contributed by atoms with Crippen molar-refractivity contribution < 1.29 is 9.18 Å². The highest BCUT2D eigenvalue weighted by atomic mass is 35.5. The molecular formula is C19H14ClFN6O2. The second-order valence-electron chi connectivity index (χ2n) is 6.96. The molecule has 2 aliphatic rings. The summed E-state index contributed by atoms with van der Waals surface area (Å²) in [6, 6.07) is 7.22. The van der Waals surface area contributed by atoms with Crippen molar-refractivity contribution in [2.45, 2.75) is 18.5 Å². The molecule has 3 aromatic rings. The highest BCUT2D eigenvalue weighted by Crippen LogP contribution is 2.43. The molecule has 146 valence electrons. The van der Waals surface area contributed by atoms with E-state index in [1.807, 2.05) is 0 Å². The Morgan fingerprint density at radius 1 is 1.24 bits per heavy atom. The number of amides is 1. The molecule has 1 amide bonds. The van der Waals surface area contributed by atoms with E-state index in [4.69, 9.17) is 17.3 Å². The lowest BCUT2D eigenvalue weighted by molar-refractivity contribution is 0.0935. The van der Waals surface area contributed by atoms with Gasteiger partial charge in [-0.15, -0.1) is 0 Å². The van der Waals surface area contributed by atoms with E-state index in [0.717, 1.165) is 5.56 Å². The fourth-order valence-electron chi connectivity index (χ4n) is 4.10. The number of benzene rings is 1. The number of hydrogen-bond donors (Lipinski definition) is 3. The molecule has 8 nitrogen and oxygen atoms in total. The first-order chi connectivity index (χ1) is 13.9. The van der Waals surface area contributed by atoms with Gasteiger partial charge in [0.1, 0.15) is 40.8 Å². The van der Waals surface area contributed by atoms with E-state index in [9.17, 15) is 14.0 Å². The van der Waals surface area contributed by atoms with Crippen LogP contribution in [-0.2, 0) is 12.1 Å². The standard InChI is InChI=1S/C19H14ClFN6O2/c20-12-6-13(25-15-7-14(22)23-8-24-15)18(29)27-16(12)17(28)26-19(27)4-3-9-1-2-10(21)5-11(9)19/h1-2,5-8H,3-4H2,(H,26,28)(H3,22,23,24,25). The Hall–Kier alpha value is -3.46. The van der Waals surface area contributed by atoms with E-state index in [1.165, 1.54) is 35.2 Å². The molecule has 1 unspecified atom stereocenters. The Kier molecular flexibility index (Phi) is 3.66. The molecule has 0 radical (unpaired) electrons. The summed E-state index contributed by atoms with van der Waals surface area (Å²) in [5.74, 6) is -0.404. The van der Waals surface area contributed by atoms with Gasteiger partial charge in [0.25, 0.3) is 11.5 Å². The van der Waals surface area contributed by atoms with Crippen LogP contribution in [0.4, 0.5) is 21.7 Å². The molecule has 2 aromatic heterocycles. The summed E-state index contributed by atoms with van der Waals surface area (Å²) in [6.45, 7) is 0. The number of nitrogen functional groups attached to an aromatic ring is 1. The molecule has 29 heavy (non-hydrogen) atoms. The maximum absolute atomic E-state index is 14.0. The number of anilines is 3. The van der Waals surface area contributed by atoms with Gasteiger partial charge in [-0.25, -0.2) is 14.4 Å². The van der Waals surface area contributed by atoms with E-state index < -0.39 is 22.9 Å². The van der Waals surface area contributed by atoms with Crippen molar-refractivity contribution in [3.05, 3.63) is 74.7 Å². The largest absolute Gasteiger partial charge is 0.384 e. The van der Waals surface area contributed by atoms with Gasteiger partial charge in [0.05, 0.1) is 5.02 Å². The monoisotopic (exact) mass is 412 g/mol. The minimum atomic E-state index is -1.19. The average molecular weight is 413 g/mol. The van der Waals surface area contributed by atoms with Crippen LogP contribution in [0.5, 0.6) is 0 Å². The lowest BCUT2D eigenvalue weighted by Crippen LogP contribution is -2.46. The topological polar surface area (TPSA) is 115 Å². The van der Waals surface area contributed by atoms with Gasteiger partial charge in [0.2, 0.25) is 0 Å². The first-order valence-electron chi connectivity index (χ1n) is 8.81. The summed E-state index contributed by atoms with van der Waals surface area (Å²) in [6.07, 6.45) is 2.25. The molecule has 4 N–H and O–H groups in total. The summed E-state index contributed by atoms with van der Waals surface area (Å²) in [7, 11) is 0. The Morgan fingerprint density at radius 2 is 2.07 bits per heavy atom. The summed E-state index contributed by atoms with van der Waals surface area (Å²) in [5.41, 5.74) is 5.55. The Labute approximate surface area is 168 Å². The van der Waals surface area contributed by atoms with E-state index >= 15 is 0 Å². The molecule has 0 bridgehead atoms. The third-order valence-corrected chi connectivity index (χ3v) is 5.58. The van der Waals surface area contributed by atoms with Crippen molar-refractivity contribution >= 4 is 34.8 Å². The summed E-state index contributed by atoms with van der Waals surface area (Å²) >= 11 is 6.37. The third kappa shape index (κ3) is 2.51. The summed E-state index contributed by atoms with van der Waals surface area (Å²) in [4.78, 5) is 33.9. The van der Waals surface area contributed by atoms with Crippen LogP contribution in [0.1, 0.15) is 28.0 Å². The number of aromatic nitrogens is 3. The number of fused-ring (bicyclic) bond motifs is 4. The Balaban J connectivity index is 1.72. The van der Waals surface area contributed by atoms with Crippen LogP contribution in [0.2, 0.25) is 5.02 Å². The number of carbonyl (C=O) groups excluding carboxylic acids is 1. The first kappa shape index (κ1) is 17.6. The number of nitrogens with one attached hydrogen (secondary N) is 2. The second kappa shape index (κ2) is 6.02. The van der Waals surface area contributed by atoms with Crippen molar-refractivity contribution in [3.8, 4) is 0 Å². The summed E-state index contributed by atoms with van der Waals surface area (Å²) < 4.78 is 15.3. The van der Waals surface area contributed by atoms with Crippen molar-refractivity contribution in [2.24, 2.45) is 0 Å². The van der Waals surface area contributed by atoms with Crippen LogP contribution in [0.25, 0.3) is 0 Å². The summed E-state index contributed by atoms with van der Waals surface area (Å²) in [5, 5.41) is 5.83. The van der Waals surface area contributed by atoms with Crippen LogP contribution in [-0.4, -0.2) is 20.4 Å². The zero-order valence-corrected chi connectivity index (χ0v) is 15.6. The molecule has 1 atom stereocenters. The lowest BCUT2D eigenvalue weighted by atomic mass is 10.0. The SMILES string of the molecule is Nc1cc(Nc2cc(Cl)c3n(c2=O)C2(CCc4ccc(F)cc42)NC3=O)ncn1. The Morgan fingerprint density at radius 3 is 2.86 bits per heavy atom. The lowest BCUT2D eigenvalue weighted by Gasteiger charge is -2.28. The van der Waals surface area contributed by atoms with Crippen LogP contribution < -0.4 is 21.9 Å². The minimum absolute atomic E-state index is 0.0431. The van der Waals surface area contributed by atoms with Crippen molar-refractivity contribution in [3.63, 3.8) is 0 Å². The number of aryl methyl sites for hydroxylation is 1. The predicted molar refractivity (Wildman–Crippen MR) is 105 cm³/mol. The quantitative estimate of drug-likeness (QED) is 0.594. The maximum atomic E-state index is 14.0. The molecule has 1 aromatic carbocycles. The molecule has 3 heterocycles. The molecular weight excluding hydrogens is 399 g/mol. The van der Waals surface area contributed by atoms with Gasteiger partial charge >= 0.3 is 0 Å². The smallest absolute Gasteiger partial charge is 0.277 e. The van der Waals surface area contributed by atoms with Gasteiger partial charge in [0.15, 0.2) is 0 Å². The number of rotatable bonds is 2. The van der Waals surface area contributed by atoms with Gasteiger partial charge in [-0.1, -0.05) is 17.7 Å². The van der Waals surface area contributed by atoms with E-state index in [0.29, 0.717) is 24.2 Å². The number of hydrogen-bond acceptors (Lipinski definition) is 6. The van der Waals surface area contributed by atoms with Crippen molar-refractivity contribution in [1.82, 2.24) is 19.9 Å². The number of nitrogens with two attached hydrogens (primary N) is 1. The molecule has 5 rings (SSSR count). The fraction of sp³-hybridized carbons (Fsp3) is 0.158. The van der Waals surface area contributed by atoms with Crippen molar-refractivity contribution in [1.29, 1.82) is 0 Å². The van der Waals surface area contributed by atoms with Crippen LogP contribution in [0, 0.1) is 5.82 Å². The third-order valence-electron chi connectivity index (χ3n) is 5.30. The first-order valence-corrected chi connectivity index (χ1v) is 9.19. The molecule has 1 spiro atoms. The van der Waals surface area contributed by atoms with Crippen LogP contribution >= 0.6 is 11.6 Å². The van der Waals surface area contributed by atoms with Gasteiger partial charge in [0, 0.05) is 11.6 Å². The minimum Gasteiger partial charge on any atom is -0.384 e. The predicted octanol–water partition coefficient (Wildman–Crippen LogP) is 2.15.